The fraction of sp³-hybridized carbons (Fsp3) is 0.833. The third-order valence-electron chi connectivity index (χ3n) is 3.08. The number of hydrogen-bond donors (Lipinski definition) is 1. The number of terminal acetylenes is 1. The Bertz CT molecular complexity index is 195. The molecule has 14 heavy (non-hydrogen) atoms. The molecule has 1 aliphatic rings. The van der Waals surface area contributed by atoms with E-state index in [0.717, 1.165) is 25.0 Å². The molecule has 0 bridgehead atoms. The van der Waals surface area contributed by atoms with Gasteiger partial charge in [-0.2, -0.15) is 0 Å². The minimum Gasteiger partial charge on any atom is -0.305 e. The van der Waals surface area contributed by atoms with Crippen molar-refractivity contribution in [1.29, 1.82) is 0 Å². The second-order valence-corrected chi connectivity index (χ2v) is 4.40. The van der Waals surface area contributed by atoms with E-state index in [1.807, 2.05) is 0 Å². The van der Waals surface area contributed by atoms with E-state index in [1.54, 1.807) is 0 Å². The van der Waals surface area contributed by atoms with E-state index in [-0.39, 0.29) is 0 Å². The molecule has 1 fully saturated rings. The fourth-order valence-corrected chi connectivity index (χ4v) is 2.17. The third-order valence-corrected chi connectivity index (χ3v) is 3.08. The first-order valence-corrected chi connectivity index (χ1v) is 5.62. The van der Waals surface area contributed by atoms with Gasteiger partial charge in [0.1, 0.15) is 0 Å². The number of nitrogens with zero attached hydrogens (tertiary/aromatic N) is 1. The van der Waals surface area contributed by atoms with Gasteiger partial charge in [-0.05, 0) is 32.2 Å². The topological polar surface area (TPSA) is 15.3 Å². The largest absolute Gasteiger partial charge is 0.305 e. The molecule has 2 unspecified atom stereocenters. The number of piperidine rings is 1. The normalized spacial score (nSPS) is 28.6. The molecule has 1 heterocycles. The summed E-state index contributed by atoms with van der Waals surface area (Å²) in [5.41, 5.74) is 0. The molecule has 0 spiro atoms. The van der Waals surface area contributed by atoms with Crippen molar-refractivity contribution in [3.8, 4) is 12.3 Å². The average Bonchev–Trinajstić information content (AvgIpc) is 2.15. The van der Waals surface area contributed by atoms with Crippen LogP contribution < -0.4 is 5.32 Å². The number of hydrogen-bond acceptors (Lipinski definition) is 2. The Labute approximate surface area is 88.1 Å². The van der Waals surface area contributed by atoms with Crippen LogP contribution in [0.4, 0.5) is 0 Å². The van der Waals surface area contributed by atoms with E-state index >= 15 is 0 Å². The summed E-state index contributed by atoms with van der Waals surface area (Å²) in [6, 6.07) is 0.742. The maximum Gasteiger partial charge on any atom is 0.0574 e. The summed E-state index contributed by atoms with van der Waals surface area (Å²) >= 11 is 0. The molecule has 1 aliphatic heterocycles. The van der Waals surface area contributed by atoms with E-state index in [9.17, 15) is 0 Å². The van der Waals surface area contributed by atoms with Crippen LogP contribution in [0.25, 0.3) is 0 Å². The first kappa shape index (κ1) is 11.6. The van der Waals surface area contributed by atoms with Gasteiger partial charge in [-0.25, -0.2) is 0 Å². The molecule has 0 aromatic heterocycles. The van der Waals surface area contributed by atoms with Crippen LogP contribution >= 0.6 is 0 Å². The molecule has 0 aromatic carbocycles. The van der Waals surface area contributed by atoms with Crippen molar-refractivity contribution in [1.82, 2.24) is 10.2 Å². The number of likely N-dealkylation sites (tertiary alicyclic amines) is 1. The van der Waals surface area contributed by atoms with Crippen molar-refractivity contribution in [2.45, 2.75) is 32.7 Å². The lowest BCUT2D eigenvalue weighted by Gasteiger charge is -2.36. The van der Waals surface area contributed by atoms with Crippen LogP contribution in [-0.4, -0.2) is 37.1 Å². The highest BCUT2D eigenvalue weighted by Crippen LogP contribution is 2.21. The first-order chi connectivity index (χ1) is 6.74. The molecule has 1 rings (SSSR count). The van der Waals surface area contributed by atoms with Crippen LogP contribution in [0.1, 0.15) is 26.7 Å². The van der Waals surface area contributed by atoms with Crippen molar-refractivity contribution >= 4 is 0 Å². The summed E-state index contributed by atoms with van der Waals surface area (Å²) < 4.78 is 0. The highest BCUT2D eigenvalue weighted by Gasteiger charge is 2.21. The van der Waals surface area contributed by atoms with Gasteiger partial charge in [0.15, 0.2) is 0 Å². The van der Waals surface area contributed by atoms with Gasteiger partial charge in [0, 0.05) is 19.1 Å². The Morgan fingerprint density at radius 1 is 1.50 bits per heavy atom. The summed E-state index contributed by atoms with van der Waals surface area (Å²) in [4.78, 5) is 2.56. The standard InChI is InChI=1S/C12H22N2/c1-4-6-13-7-9-14-8-5-11(2)10-12(14)3/h1,11-13H,5-10H2,2-3H3. The van der Waals surface area contributed by atoms with Crippen LogP contribution in [0.3, 0.4) is 0 Å². The summed E-state index contributed by atoms with van der Waals surface area (Å²) in [7, 11) is 0. The predicted molar refractivity (Wildman–Crippen MR) is 61.1 cm³/mol. The Hall–Kier alpha value is -0.520. The summed E-state index contributed by atoms with van der Waals surface area (Å²) in [6.07, 6.45) is 7.86. The fourth-order valence-electron chi connectivity index (χ4n) is 2.17. The molecule has 0 aromatic rings. The van der Waals surface area contributed by atoms with Crippen LogP contribution in [0.5, 0.6) is 0 Å². The van der Waals surface area contributed by atoms with Gasteiger partial charge in [0.2, 0.25) is 0 Å². The van der Waals surface area contributed by atoms with Gasteiger partial charge in [-0.1, -0.05) is 12.8 Å². The molecule has 2 nitrogen and oxygen atoms in total. The highest BCUT2D eigenvalue weighted by molar-refractivity contribution is 4.86. The van der Waals surface area contributed by atoms with E-state index < -0.39 is 0 Å². The molecule has 0 saturated carbocycles. The monoisotopic (exact) mass is 194 g/mol. The van der Waals surface area contributed by atoms with Gasteiger partial charge in [0.25, 0.3) is 0 Å². The smallest absolute Gasteiger partial charge is 0.0574 e. The molecule has 2 heteroatoms. The summed E-state index contributed by atoms with van der Waals surface area (Å²) in [5.74, 6) is 3.50. The third kappa shape index (κ3) is 3.69. The maximum atomic E-state index is 5.17. The van der Waals surface area contributed by atoms with Crippen molar-refractivity contribution in [2.75, 3.05) is 26.2 Å². The second kappa shape index (κ2) is 6.06. The number of rotatable bonds is 4. The van der Waals surface area contributed by atoms with E-state index in [1.165, 1.54) is 19.4 Å². The second-order valence-electron chi connectivity index (χ2n) is 4.40. The Kier molecular flexibility index (Phi) is 5.00. The first-order valence-electron chi connectivity index (χ1n) is 5.62. The average molecular weight is 194 g/mol. The molecule has 0 amide bonds. The van der Waals surface area contributed by atoms with E-state index in [0.29, 0.717) is 6.54 Å². The van der Waals surface area contributed by atoms with Crippen LogP contribution in [-0.2, 0) is 0 Å². The SMILES string of the molecule is C#CCNCCN1CCC(C)CC1C. The van der Waals surface area contributed by atoms with Crippen molar-refractivity contribution in [3.63, 3.8) is 0 Å². The summed E-state index contributed by atoms with van der Waals surface area (Å²) in [5, 5.41) is 3.24. The minimum absolute atomic E-state index is 0.693. The lowest BCUT2D eigenvalue weighted by atomic mass is 9.93. The molecule has 1 N–H and O–H groups in total. The molecule has 0 radical (unpaired) electrons. The van der Waals surface area contributed by atoms with Crippen LogP contribution in [0.2, 0.25) is 0 Å². The van der Waals surface area contributed by atoms with E-state index in [4.69, 9.17) is 6.42 Å². The molecule has 0 aliphatic carbocycles. The van der Waals surface area contributed by atoms with E-state index in [2.05, 4.69) is 30.0 Å². The van der Waals surface area contributed by atoms with Gasteiger partial charge in [-0.3, -0.25) is 4.90 Å². The zero-order chi connectivity index (χ0) is 10.4. The van der Waals surface area contributed by atoms with Gasteiger partial charge >= 0.3 is 0 Å². The lowest BCUT2D eigenvalue weighted by Crippen LogP contribution is -2.43. The molecule has 2 atom stereocenters. The van der Waals surface area contributed by atoms with Crippen LogP contribution in [0.15, 0.2) is 0 Å². The molecular weight excluding hydrogens is 172 g/mol. The minimum atomic E-state index is 0.693. The zero-order valence-corrected chi connectivity index (χ0v) is 9.42. The van der Waals surface area contributed by atoms with Crippen molar-refractivity contribution in [3.05, 3.63) is 0 Å². The molecule has 80 valence electrons. The van der Waals surface area contributed by atoms with Gasteiger partial charge in [0.05, 0.1) is 6.54 Å². The quantitative estimate of drug-likeness (QED) is 0.536. The Morgan fingerprint density at radius 2 is 2.29 bits per heavy atom. The zero-order valence-electron chi connectivity index (χ0n) is 9.42. The van der Waals surface area contributed by atoms with Crippen molar-refractivity contribution in [2.24, 2.45) is 5.92 Å². The number of nitrogens with one attached hydrogen (secondary N) is 1. The van der Waals surface area contributed by atoms with Gasteiger partial charge in [-0.15, -0.1) is 6.42 Å². The predicted octanol–water partition coefficient (Wildman–Crippen LogP) is 1.33. The maximum absolute atomic E-state index is 5.17. The lowest BCUT2D eigenvalue weighted by molar-refractivity contribution is 0.131. The van der Waals surface area contributed by atoms with Crippen molar-refractivity contribution < 1.29 is 0 Å². The highest BCUT2D eigenvalue weighted by atomic mass is 15.2. The molecule has 1 saturated heterocycles. The van der Waals surface area contributed by atoms with Gasteiger partial charge < -0.3 is 5.32 Å². The van der Waals surface area contributed by atoms with Crippen LogP contribution in [0, 0.1) is 18.3 Å². The molecular formula is C12H22N2. The summed E-state index contributed by atoms with van der Waals surface area (Å²) in [6.45, 7) is 8.78. The Balaban J connectivity index is 2.15. The Morgan fingerprint density at radius 3 is 2.93 bits per heavy atom.